The quantitative estimate of drug-likeness (QED) is 0.793. The largest absolute Gasteiger partial charge is 0.492 e. The minimum atomic E-state index is -0.164. The second-order valence-electron chi connectivity index (χ2n) is 5.82. The molecule has 0 spiro atoms. The summed E-state index contributed by atoms with van der Waals surface area (Å²) in [4.78, 5) is 30.4. The molecule has 1 aliphatic rings. The molecule has 0 aromatic heterocycles. The summed E-state index contributed by atoms with van der Waals surface area (Å²) in [6.45, 7) is 10.3. The van der Waals surface area contributed by atoms with E-state index in [0.29, 0.717) is 31.1 Å². The van der Waals surface area contributed by atoms with E-state index in [1.165, 1.54) is 11.8 Å². The molecule has 6 heteroatoms. The van der Waals surface area contributed by atoms with Gasteiger partial charge in [0.15, 0.2) is 0 Å². The van der Waals surface area contributed by atoms with Crippen molar-refractivity contribution in [2.75, 3.05) is 50.8 Å². The fourth-order valence-electron chi connectivity index (χ4n) is 2.87. The number of benzene rings is 1. The molecule has 1 saturated heterocycles. The highest BCUT2D eigenvalue weighted by Crippen LogP contribution is 2.28. The fraction of sp³-hybridized carbons (Fsp3) is 0.556. The van der Waals surface area contributed by atoms with E-state index in [0.717, 1.165) is 19.6 Å². The normalized spacial score (nSPS) is 15.2. The van der Waals surface area contributed by atoms with Crippen molar-refractivity contribution in [1.82, 2.24) is 9.80 Å². The first-order valence-corrected chi connectivity index (χ1v) is 8.56. The number of hydrogen-bond acceptors (Lipinski definition) is 4. The molecule has 1 fully saturated rings. The number of anilines is 1. The van der Waals surface area contributed by atoms with Gasteiger partial charge in [-0.2, -0.15) is 0 Å². The van der Waals surface area contributed by atoms with Gasteiger partial charge in [-0.05, 0) is 25.6 Å². The molecule has 132 valence electrons. The number of carbonyl (C=O) groups is 2. The molecule has 0 saturated carbocycles. The van der Waals surface area contributed by atoms with Gasteiger partial charge in [0.2, 0.25) is 11.8 Å². The van der Waals surface area contributed by atoms with Crippen molar-refractivity contribution in [2.45, 2.75) is 20.8 Å². The van der Waals surface area contributed by atoms with Crippen LogP contribution in [0.1, 0.15) is 20.8 Å². The molecule has 0 atom stereocenters. The first kappa shape index (κ1) is 18.3. The van der Waals surface area contributed by atoms with Gasteiger partial charge in [-0.3, -0.25) is 14.5 Å². The summed E-state index contributed by atoms with van der Waals surface area (Å²) in [5.41, 5.74) is 0.646. The Morgan fingerprint density at radius 3 is 2.38 bits per heavy atom. The monoisotopic (exact) mass is 333 g/mol. The highest BCUT2D eigenvalue weighted by atomic mass is 16.5. The summed E-state index contributed by atoms with van der Waals surface area (Å²) in [5, 5.41) is 0. The Bertz CT molecular complexity index is 568. The maximum Gasteiger partial charge on any atom is 0.242 e. The molecule has 0 unspecified atom stereocenters. The molecule has 0 radical (unpaired) electrons. The topological polar surface area (TPSA) is 53.1 Å². The van der Waals surface area contributed by atoms with Crippen LogP contribution in [0, 0.1) is 0 Å². The summed E-state index contributed by atoms with van der Waals surface area (Å²) in [7, 11) is 0. The molecule has 1 heterocycles. The van der Waals surface area contributed by atoms with Gasteiger partial charge < -0.3 is 14.5 Å². The van der Waals surface area contributed by atoms with E-state index in [-0.39, 0.29) is 18.4 Å². The van der Waals surface area contributed by atoms with E-state index < -0.39 is 0 Å². The second kappa shape index (κ2) is 8.68. The van der Waals surface area contributed by atoms with Crippen LogP contribution in [-0.4, -0.2) is 67.5 Å². The lowest BCUT2D eigenvalue weighted by Crippen LogP contribution is -2.51. The first-order valence-electron chi connectivity index (χ1n) is 8.56. The van der Waals surface area contributed by atoms with E-state index in [2.05, 4.69) is 11.8 Å². The van der Waals surface area contributed by atoms with Crippen molar-refractivity contribution >= 4 is 17.5 Å². The average molecular weight is 333 g/mol. The van der Waals surface area contributed by atoms with E-state index in [1.807, 2.05) is 36.1 Å². The number of para-hydroxylation sites is 2. The average Bonchev–Trinajstić information content (AvgIpc) is 2.60. The number of rotatable bonds is 6. The fourth-order valence-corrected chi connectivity index (χ4v) is 2.87. The predicted octanol–water partition coefficient (Wildman–Crippen LogP) is 1.60. The van der Waals surface area contributed by atoms with Crippen molar-refractivity contribution in [2.24, 2.45) is 0 Å². The highest BCUT2D eigenvalue weighted by molar-refractivity contribution is 5.98. The van der Waals surface area contributed by atoms with Crippen LogP contribution in [0.15, 0.2) is 24.3 Å². The lowest BCUT2D eigenvalue weighted by atomic mass is 10.2. The van der Waals surface area contributed by atoms with Gasteiger partial charge in [-0.25, -0.2) is 0 Å². The zero-order valence-electron chi connectivity index (χ0n) is 14.8. The lowest BCUT2D eigenvalue weighted by Gasteiger charge is -2.35. The third-order valence-corrected chi connectivity index (χ3v) is 4.30. The van der Waals surface area contributed by atoms with Gasteiger partial charge in [0.05, 0.1) is 12.3 Å². The number of hydrogen-bond donors (Lipinski definition) is 0. The molecule has 2 rings (SSSR count). The van der Waals surface area contributed by atoms with Crippen LogP contribution < -0.4 is 9.64 Å². The second-order valence-corrected chi connectivity index (χ2v) is 5.82. The smallest absolute Gasteiger partial charge is 0.242 e. The summed E-state index contributed by atoms with van der Waals surface area (Å²) < 4.78 is 5.60. The standard InChI is InChI=1S/C18H27N3O3/c1-4-19-10-12-20(13-11-19)18(23)14-21(15(3)22)16-8-6-7-9-17(16)24-5-2/h6-9H,4-5,10-14H2,1-3H3. The number of ether oxygens (including phenoxy) is 1. The zero-order valence-corrected chi connectivity index (χ0v) is 14.8. The van der Waals surface area contributed by atoms with Crippen LogP contribution in [0.4, 0.5) is 5.69 Å². The number of amides is 2. The predicted molar refractivity (Wildman–Crippen MR) is 94.3 cm³/mol. The SMILES string of the molecule is CCOc1ccccc1N(CC(=O)N1CCN(CC)CC1)C(C)=O. The lowest BCUT2D eigenvalue weighted by molar-refractivity contribution is -0.132. The highest BCUT2D eigenvalue weighted by Gasteiger charge is 2.25. The molecule has 24 heavy (non-hydrogen) atoms. The summed E-state index contributed by atoms with van der Waals surface area (Å²) in [6, 6.07) is 7.34. The maximum atomic E-state index is 12.6. The van der Waals surface area contributed by atoms with Crippen molar-refractivity contribution in [1.29, 1.82) is 0 Å². The molecular formula is C18H27N3O3. The maximum absolute atomic E-state index is 12.6. The van der Waals surface area contributed by atoms with E-state index in [9.17, 15) is 9.59 Å². The van der Waals surface area contributed by atoms with Gasteiger partial charge in [0, 0.05) is 33.1 Å². The van der Waals surface area contributed by atoms with Crippen molar-refractivity contribution < 1.29 is 14.3 Å². The van der Waals surface area contributed by atoms with Crippen LogP contribution in [0.5, 0.6) is 5.75 Å². The van der Waals surface area contributed by atoms with Gasteiger partial charge in [-0.15, -0.1) is 0 Å². The van der Waals surface area contributed by atoms with Crippen molar-refractivity contribution in [3.8, 4) is 5.75 Å². The van der Waals surface area contributed by atoms with Crippen LogP contribution in [-0.2, 0) is 9.59 Å². The van der Waals surface area contributed by atoms with Gasteiger partial charge in [0.25, 0.3) is 0 Å². The zero-order chi connectivity index (χ0) is 17.5. The van der Waals surface area contributed by atoms with E-state index >= 15 is 0 Å². The molecule has 1 aliphatic heterocycles. The number of carbonyl (C=O) groups excluding carboxylic acids is 2. The Morgan fingerprint density at radius 2 is 1.79 bits per heavy atom. The van der Waals surface area contributed by atoms with Crippen molar-refractivity contribution in [3.63, 3.8) is 0 Å². The Hall–Kier alpha value is -2.08. The van der Waals surface area contributed by atoms with Crippen molar-refractivity contribution in [3.05, 3.63) is 24.3 Å². The van der Waals surface area contributed by atoms with E-state index in [4.69, 9.17) is 4.74 Å². The Balaban J connectivity index is 2.09. The minimum Gasteiger partial charge on any atom is -0.492 e. The third-order valence-electron chi connectivity index (χ3n) is 4.30. The molecule has 6 nitrogen and oxygen atoms in total. The Morgan fingerprint density at radius 1 is 1.12 bits per heavy atom. The number of piperazine rings is 1. The molecular weight excluding hydrogens is 306 g/mol. The molecule has 1 aromatic carbocycles. The molecule has 0 N–H and O–H groups in total. The summed E-state index contributed by atoms with van der Waals surface area (Å²) >= 11 is 0. The van der Waals surface area contributed by atoms with E-state index in [1.54, 1.807) is 0 Å². The third kappa shape index (κ3) is 4.47. The van der Waals surface area contributed by atoms with Gasteiger partial charge >= 0.3 is 0 Å². The molecule has 0 aliphatic carbocycles. The van der Waals surface area contributed by atoms with Crippen LogP contribution >= 0.6 is 0 Å². The minimum absolute atomic E-state index is 0.0211. The number of likely N-dealkylation sites (N-methyl/N-ethyl adjacent to an activating group) is 1. The Kier molecular flexibility index (Phi) is 6.61. The molecule has 1 aromatic rings. The summed E-state index contributed by atoms with van der Waals surface area (Å²) in [5.74, 6) is 0.439. The summed E-state index contributed by atoms with van der Waals surface area (Å²) in [6.07, 6.45) is 0. The Labute approximate surface area is 144 Å². The van der Waals surface area contributed by atoms with Crippen LogP contribution in [0.3, 0.4) is 0 Å². The number of nitrogens with zero attached hydrogens (tertiary/aromatic N) is 3. The van der Waals surface area contributed by atoms with Gasteiger partial charge in [-0.1, -0.05) is 19.1 Å². The van der Waals surface area contributed by atoms with Crippen LogP contribution in [0.2, 0.25) is 0 Å². The van der Waals surface area contributed by atoms with Gasteiger partial charge in [0.1, 0.15) is 12.3 Å². The van der Waals surface area contributed by atoms with Crippen LogP contribution in [0.25, 0.3) is 0 Å². The molecule has 0 bridgehead atoms. The molecule has 2 amide bonds. The first-order chi connectivity index (χ1) is 11.6.